The fourth-order valence-corrected chi connectivity index (χ4v) is 3.48. The Morgan fingerprint density at radius 2 is 1.90 bits per heavy atom. The molecule has 0 saturated heterocycles. The Hall–Kier alpha value is -3.54. The first-order valence-electron chi connectivity index (χ1n) is 8.59. The smallest absolute Gasteiger partial charge is 0.433 e. The Balaban J connectivity index is 1.73. The number of carbonyl (C=O) groups excluding carboxylic acids is 1. The van der Waals surface area contributed by atoms with Crippen LogP contribution in [0.4, 0.5) is 27.6 Å². The van der Waals surface area contributed by atoms with E-state index >= 15 is 0 Å². The number of aromatic nitrogens is 3. The third-order valence-corrected chi connectivity index (χ3v) is 4.97. The topological polar surface area (TPSA) is 68.5 Å². The summed E-state index contributed by atoms with van der Waals surface area (Å²) in [6.07, 6.45) is -4.76. The molecule has 0 aliphatic heterocycles. The summed E-state index contributed by atoms with van der Waals surface area (Å²) in [6, 6.07) is 10.6. The van der Waals surface area contributed by atoms with E-state index in [2.05, 4.69) is 20.1 Å². The van der Waals surface area contributed by atoms with Crippen LogP contribution in [0.15, 0.2) is 53.9 Å². The highest BCUT2D eigenvalue weighted by Crippen LogP contribution is 2.33. The van der Waals surface area contributed by atoms with Crippen LogP contribution in [0.25, 0.3) is 16.2 Å². The Bertz CT molecular complexity index is 1240. The summed E-state index contributed by atoms with van der Waals surface area (Å²) in [5.74, 6) is -1.22. The van der Waals surface area contributed by atoms with Gasteiger partial charge in [-0.15, -0.1) is 11.3 Å². The molecular formula is C19H11F5N4O2S. The number of nitrogens with one attached hydrogen (secondary N) is 1. The molecule has 31 heavy (non-hydrogen) atoms. The van der Waals surface area contributed by atoms with Crippen molar-refractivity contribution in [2.24, 2.45) is 0 Å². The molecule has 4 aromatic rings. The van der Waals surface area contributed by atoms with Crippen LogP contribution in [0.5, 0.6) is 5.75 Å². The van der Waals surface area contributed by atoms with Crippen molar-refractivity contribution in [1.29, 1.82) is 0 Å². The summed E-state index contributed by atoms with van der Waals surface area (Å²) in [4.78, 5) is 17.2. The van der Waals surface area contributed by atoms with Crippen LogP contribution < -0.4 is 10.1 Å². The van der Waals surface area contributed by atoms with Gasteiger partial charge < -0.3 is 10.1 Å². The van der Waals surface area contributed by atoms with Crippen molar-refractivity contribution in [2.75, 3.05) is 5.32 Å². The maximum absolute atomic E-state index is 13.6. The summed E-state index contributed by atoms with van der Waals surface area (Å²) >= 11 is 1.21. The minimum absolute atomic E-state index is 0.0809. The number of thiophene rings is 1. The van der Waals surface area contributed by atoms with E-state index in [-0.39, 0.29) is 28.5 Å². The van der Waals surface area contributed by atoms with E-state index in [4.69, 9.17) is 0 Å². The van der Waals surface area contributed by atoms with Crippen molar-refractivity contribution < 1.29 is 31.5 Å². The number of carbonyl (C=O) groups is 1. The molecule has 0 spiro atoms. The number of fused-ring (bicyclic) bond motifs is 1. The van der Waals surface area contributed by atoms with Crippen molar-refractivity contribution in [2.45, 2.75) is 12.8 Å². The molecule has 0 radical (unpaired) electrons. The van der Waals surface area contributed by atoms with E-state index in [0.29, 0.717) is 9.39 Å². The minimum Gasteiger partial charge on any atom is -0.433 e. The monoisotopic (exact) mass is 454 g/mol. The molecule has 0 bridgehead atoms. The molecule has 1 N–H and O–H groups in total. The molecule has 0 unspecified atom stereocenters. The van der Waals surface area contributed by atoms with Gasteiger partial charge >= 0.3 is 12.8 Å². The summed E-state index contributed by atoms with van der Waals surface area (Å²) in [6.45, 7) is -3.12. The molecule has 1 amide bonds. The number of halogens is 5. The van der Waals surface area contributed by atoms with Crippen LogP contribution in [0.3, 0.4) is 0 Å². The van der Waals surface area contributed by atoms with Gasteiger partial charge in [-0.3, -0.25) is 4.79 Å². The zero-order chi connectivity index (χ0) is 22.2. The predicted octanol–water partition coefficient (Wildman–Crippen LogP) is 5.33. The SMILES string of the molecule is O=C(Nc1ccccc1OC(F)F)c1cc2nc(-c3cccs3)cc(C(F)(F)F)n2n1. The molecule has 160 valence electrons. The molecule has 0 fully saturated rings. The zero-order valence-corrected chi connectivity index (χ0v) is 16.0. The molecule has 6 nitrogen and oxygen atoms in total. The standard InChI is InChI=1S/C19H11F5N4O2S/c20-18(21)30-13-5-2-1-4-10(13)26-17(29)12-9-16-25-11(14-6-3-7-31-14)8-15(19(22,23)24)28(16)27-12/h1-9,18H,(H,26,29). The second kappa shape index (κ2) is 7.95. The third-order valence-electron chi connectivity index (χ3n) is 4.08. The van der Waals surface area contributed by atoms with Gasteiger partial charge in [0.05, 0.1) is 16.3 Å². The molecule has 0 saturated carbocycles. The fourth-order valence-electron chi connectivity index (χ4n) is 2.79. The normalized spacial score (nSPS) is 11.8. The van der Waals surface area contributed by atoms with Crippen LogP contribution >= 0.6 is 11.3 Å². The van der Waals surface area contributed by atoms with Crippen LogP contribution in [0.2, 0.25) is 0 Å². The highest BCUT2D eigenvalue weighted by atomic mass is 32.1. The van der Waals surface area contributed by atoms with E-state index in [9.17, 15) is 26.7 Å². The number of rotatable bonds is 5. The van der Waals surface area contributed by atoms with Crippen molar-refractivity contribution in [3.8, 4) is 16.3 Å². The first-order chi connectivity index (χ1) is 14.7. The average Bonchev–Trinajstić information content (AvgIpc) is 3.37. The van der Waals surface area contributed by atoms with Gasteiger partial charge in [-0.2, -0.15) is 27.1 Å². The predicted molar refractivity (Wildman–Crippen MR) is 102 cm³/mol. The second-order valence-electron chi connectivity index (χ2n) is 6.13. The van der Waals surface area contributed by atoms with E-state index < -0.39 is 24.4 Å². The average molecular weight is 454 g/mol. The number of hydrogen-bond acceptors (Lipinski definition) is 5. The number of ether oxygens (including phenoxy) is 1. The highest BCUT2D eigenvalue weighted by molar-refractivity contribution is 7.13. The molecule has 0 aliphatic carbocycles. The van der Waals surface area contributed by atoms with Crippen molar-refractivity contribution in [3.05, 3.63) is 65.3 Å². The Labute approximate surface area is 174 Å². The van der Waals surface area contributed by atoms with Gasteiger partial charge in [0.25, 0.3) is 5.91 Å². The van der Waals surface area contributed by atoms with Crippen molar-refractivity contribution >= 4 is 28.6 Å². The number of benzene rings is 1. The zero-order valence-electron chi connectivity index (χ0n) is 15.2. The van der Waals surface area contributed by atoms with E-state index in [0.717, 1.165) is 12.1 Å². The van der Waals surface area contributed by atoms with E-state index in [1.54, 1.807) is 17.5 Å². The fraction of sp³-hybridized carbons (Fsp3) is 0.105. The molecule has 4 rings (SSSR count). The number of amides is 1. The van der Waals surface area contributed by atoms with E-state index in [1.165, 1.54) is 35.6 Å². The van der Waals surface area contributed by atoms with Crippen molar-refractivity contribution in [1.82, 2.24) is 14.6 Å². The van der Waals surface area contributed by atoms with Gasteiger partial charge in [0.2, 0.25) is 0 Å². The largest absolute Gasteiger partial charge is 0.433 e. The maximum atomic E-state index is 13.6. The Morgan fingerprint density at radius 3 is 2.58 bits per heavy atom. The summed E-state index contributed by atoms with van der Waals surface area (Å²) in [7, 11) is 0. The van der Waals surface area contributed by atoms with Crippen molar-refractivity contribution in [3.63, 3.8) is 0 Å². The summed E-state index contributed by atoms with van der Waals surface area (Å²) in [5.41, 5.74) is -1.69. The van der Waals surface area contributed by atoms with Gasteiger partial charge in [-0.25, -0.2) is 9.50 Å². The first kappa shape index (κ1) is 20.7. The number of nitrogens with zero attached hydrogens (tertiary/aromatic N) is 3. The number of anilines is 1. The molecule has 0 atom stereocenters. The molecule has 12 heteroatoms. The maximum Gasteiger partial charge on any atom is 0.433 e. The van der Waals surface area contributed by atoms with Crippen LogP contribution in [-0.2, 0) is 6.18 Å². The number of para-hydroxylation sites is 2. The minimum atomic E-state index is -4.76. The van der Waals surface area contributed by atoms with Gasteiger partial charge in [0.1, 0.15) is 5.75 Å². The van der Waals surface area contributed by atoms with Crippen LogP contribution in [0, 0.1) is 0 Å². The second-order valence-corrected chi connectivity index (χ2v) is 7.08. The number of hydrogen-bond donors (Lipinski definition) is 1. The van der Waals surface area contributed by atoms with Gasteiger partial charge in [-0.05, 0) is 29.6 Å². The molecule has 3 aromatic heterocycles. The first-order valence-corrected chi connectivity index (χ1v) is 9.47. The summed E-state index contributed by atoms with van der Waals surface area (Å²) in [5, 5.41) is 7.74. The quantitative estimate of drug-likeness (QED) is 0.414. The molecule has 3 heterocycles. The number of alkyl halides is 5. The Morgan fingerprint density at radius 1 is 1.13 bits per heavy atom. The van der Waals surface area contributed by atoms with Crippen LogP contribution in [-0.4, -0.2) is 27.1 Å². The highest BCUT2D eigenvalue weighted by Gasteiger charge is 2.35. The summed E-state index contributed by atoms with van der Waals surface area (Å²) < 4.78 is 70.7. The lowest BCUT2D eigenvalue weighted by atomic mass is 10.2. The van der Waals surface area contributed by atoms with Gasteiger partial charge in [0, 0.05) is 6.07 Å². The van der Waals surface area contributed by atoms with E-state index in [1.807, 2.05) is 0 Å². The lowest BCUT2D eigenvalue weighted by molar-refractivity contribution is -0.142. The lowest BCUT2D eigenvalue weighted by Crippen LogP contribution is -2.16. The van der Waals surface area contributed by atoms with Gasteiger partial charge in [-0.1, -0.05) is 18.2 Å². The Kier molecular flexibility index (Phi) is 5.31. The molecule has 0 aliphatic rings. The van der Waals surface area contributed by atoms with Crippen LogP contribution in [0.1, 0.15) is 16.2 Å². The van der Waals surface area contributed by atoms with Gasteiger partial charge in [0.15, 0.2) is 17.0 Å². The third kappa shape index (κ3) is 4.33. The molecular weight excluding hydrogens is 443 g/mol. The molecule has 1 aromatic carbocycles. The lowest BCUT2D eigenvalue weighted by Gasteiger charge is -2.11.